The first-order valence-corrected chi connectivity index (χ1v) is 4.36. The lowest BCUT2D eigenvalue weighted by Gasteiger charge is -1.93. The summed E-state index contributed by atoms with van der Waals surface area (Å²) >= 11 is 0. The van der Waals surface area contributed by atoms with E-state index < -0.39 is 0 Å². The third kappa shape index (κ3) is 0.939. The summed E-state index contributed by atoms with van der Waals surface area (Å²) in [6.07, 6.45) is 7.27. The molecule has 0 aromatic carbocycles. The SMILES string of the molecule is c1ccn2cnc(-c3ncc[nH]3)c2c1. The zero-order valence-electron chi connectivity index (χ0n) is 7.38. The molecule has 0 aliphatic rings. The van der Waals surface area contributed by atoms with Crippen LogP contribution in [0.2, 0.25) is 0 Å². The van der Waals surface area contributed by atoms with E-state index >= 15 is 0 Å². The van der Waals surface area contributed by atoms with Crippen LogP contribution in [-0.4, -0.2) is 19.4 Å². The Morgan fingerprint density at radius 3 is 3.07 bits per heavy atom. The van der Waals surface area contributed by atoms with E-state index in [1.807, 2.05) is 28.8 Å². The normalized spacial score (nSPS) is 10.9. The highest BCUT2D eigenvalue weighted by atomic mass is 15.0. The van der Waals surface area contributed by atoms with Gasteiger partial charge in [-0.3, -0.25) is 0 Å². The van der Waals surface area contributed by atoms with Gasteiger partial charge in [-0.25, -0.2) is 9.97 Å². The van der Waals surface area contributed by atoms with Crippen molar-refractivity contribution in [2.45, 2.75) is 0 Å². The maximum atomic E-state index is 4.31. The van der Waals surface area contributed by atoms with E-state index in [-0.39, 0.29) is 0 Å². The molecule has 0 radical (unpaired) electrons. The highest BCUT2D eigenvalue weighted by Gasteiger charge is 2.07. The molecule has 0 unspecified atom stereocenters. The molecular weight excluding hydrogens is 176 g/mol. The van der Waals surface area contributed by atoms with Crippen molar-refractivity contribution in [3.8, 4) is 11.5 Å². The van der Waals surface area contributed by atoms with Crippen LogP contribution in [0.3, 0.4) is 0 Å². The highest BCUT2D eigenvalue weighted by Crippen LogP contribution is 2.18. The maximum Gasteiger partial charge on any atom is 0.158 e. The van der Waals surface area contributed by atoms with Crippen LogP contribution in [0.25, 0.3) is 17.0 Å². The zero-order valence-corrected chi connectivity index (χ0v) is 7.38. The Hall–Kier alpha value is -2.10. The van der Waals surface area contributed by atoms with E-state index in [4.69, 9.17) is 0 Å². The second kappa shape index (κ2) is 2.70. The minimum Gasteiger partial charge on any atom is -0.343 e. The molecule has 0 saturated carbocycles. The van der Waals surface area contributed by atoms with E-state index in [9.17, 15) is 0 Å². The Balaban J connectivity index is 2.33. The molecule has 0 fully saturated rings. The highest BCUT2D eigenvalue weighted by molar-refractivity contribution is 5.72. The van der Waals surface area contributed by atoms with Crippen molar-refractivity contribution in [2.24, 2.45) is 0 Å². The largest absolute Gasteiger partial charge is 0.343 e. The Kier molecular flexibility index (Phi) is 1.41. The smallest absolute Gasteiger partial charge is 0.158 e. The van der Waals surface area contributed by atoms with Crippen LogP contribution in [0, 0.1) is 0 Å². The minimum atomic E-state index is 0.804. The second-order valence-electron chi connectivity index (χ2n) is 3.02. The van der Waals surface area contributed by atoms with Crippen LogP contribution in [0.15, 0.2) is 43.1 Å². The van der Waals surface area contributed by atoms with Gasteiger partial charge in [-0.2, -0.15) is 0 Å². The molecule has 0 amide bonds. The molecule has 0 atom stereocenters. The number of rotatable bonds is 1. The zero-order chi connectivity index (χ0) is 9.38. The summed E-state index contributed by atoms with van der Waals surface area (Å²) in [7, 11) is 0. The number of imidazole rings is 2. The van der Waals surface area contributed by atoms with Gasteiger partial charge in [0.25, 0.3) is 0 Å². The molecular formula is C10H8N4. The summed E-state index contributed by atoms with van der Waals surface area (Å²) in [5.74, 6) is 0.804. The van der Waals surface area contributed by atoms with E-state index in [0.717, 1.165) is 17.0 Å². The van der Waals surface area contributed by atoms with Crippen LogP contribution < -0.4 is 0 Å². The number of hydrogen-bond acceptors (Lipinski definition) is 2. The molecule has 4 nitrogen and oxygen atoms in total. The number of fused-ring (bicyclic) bond motifs is 1. The van der Waals surface area contributed by atoms with Gasteiger partial charge in [0, 0.05) is 18.6 Å². The molecule has 3 aromatic rings. The quantitative estimate of drug-likeness (QED) is 0.626. The van der Waals surface area contributed by atoms with Crippen molar-refractivity contribution in [2.75, 3.05) is 0 Å². The number of hydrogen-bond donors (Lipinski definition) is 1. The second-order valence-corrected chi connectivity index (χ2v) is 3.02. The standard InChI is InChI=1S/C10H8N4/c1-2-6-14-7-13-9(8(14)3-1)10-11-4-5-12-10/h1-7H,(H,11,12). The van der Waals surface area contributed by atoms with E-state index in [2.05, 4.69) is 15.0 Å². The van der Waals surface area contributed by atoms with Crippen molar-refractivity contribution in [3.63, 3.8) is 0 Å². The minimum absolute atomic E-state index is 0.804. The fourth-order valence-corrected chi connectivity index (χ4v) is 1.52. The average Bonchev–Trinajstić information content (AvgIpc) is 2.85. The molecule has 3 rings (SSSR count). The van der Waals surface area contributed by atoms with Crippen LogP contribution in [-0.2, 0) is 0 Å². The van der Waals surface area contributed by atoms with Crippen LogP contribution in [0.1, 0.15) is 0 Å². The van der Waals surface area contributed by atoms with Gasteiger partial charge in [0.15, 0.2) is 5.82 Å². The first-order chi connectivity index (χ1) is 6.95. The summed E-state index contributed by atoms with van der Waals surface area (Å²) in [5, 5.41) is 0. The summed E-state index contributed by atoms with van der Waals surface area (Å²) in [6.45, 7) is 0. The first-order valence-electron chi connectivity index (χ1n) is 4.36. The van der Waals surface area contributed by atoms with Gasteiger partial charge in [0.1, 0.15) is 12.0 Å². The summed E-state index contributed by atoms with van der Waals surface area (Å²) in [6, 6.07) is 5.98. The Morgan fingerprint density at radius 2 is 2.21 bits per heavy atom. The lowest BCUT2D eigenvalue weighted by atomic mass is 10.3. The number of nitrogens with one attached hydrogen (secondary N) is 1. The molecule has 0 aliphatic carbocycles. The maximum absolute atomic E-state index is 4.31. The Bertz CT molecular complexity index is 550. The van der Waals surface area contributed by atoms with E-state index in [1.165, 1.54) is 0 Å². The van der Waals surface area contributed by atoms with Crippen LogP contribution in [0.5, 0.6) is 0 Å². The van der Waals surface area contributed by atoms with Crippen molar-refractivity contribution in [3.05, 3.63) is 43.1 Å². The van der Waals surface area contributed by atoms with Crippen LogP contribution >= 0.6 is 0 Å². The predicted molar refractivity (Wildman–Crippen MR) is 52.8 cm³/mol. The molecule has 1 N–H and O–H groups in total. The summed E-state index contributed by atoms with van der Waals surface area (Å²) < 4.78 is 1.97. The number of nitrogens with zero attached hydrogens (tertiary/aromatic N) is 3. The van der Waals surface area contributed by atoms with Crippen molar-refractivity contribution in [1.29, 1.82) is 0 Å². The fourth-order valence-electron chi connectivity index (χ4n) is 1.52. The monoisotopic (exact) mass is 184 g/mol. The van der Waals surface area contributed by atoms with E-state index in [1.54, 1.807) is 18.7 Å². The predicted octanol–water partition coefficient (Wildman–Crippen LogP) is 1.72. The molecule has 0 aliphatic heterocycles. The van der Waals surface area contributed by atoms with E-state index in [0.29, 0.717) is 0 Å². The number of aromatic nitrogens is 4. The van der Waals surface area contributed by atoms with Gasteiger partial charge in [-0.05, 0) is 12.1 Å². The van der Waals surface area contributed by atoms with Gasteiger partial charge in [0.05, 0.1) is 5.52 Å². The van der Waals surface area contributed by atoms with Gasteiger partial charge in [0.2, 0.25) is 0 Å². The van der Waals surface area contributed by atoms with Crippen LogP contribution in [0.4, 0.5) is 0 Å². The molecule has 14 heavy (non-hydrogen) atoms. The third-order valence-electron chi connectivity index (χ3n) is 2.17. The lowest BCUT2D eigenvalue weighted by Crippen LogP contribution is -1.82. The lowest BCUT2D eigenvalue weighted by molar-refractivity contribution is 1.15. The van der Waals surface area contributed by atoms with Gasteiger partial charge in [-0.1, -0.05) is 6.07 Å². The van der Waals surface area contributed by atoms with Gasteiger partial charge >= 0.3 is 0 Å². The number of pyridine rings is 1. The van der Waals surface area contributed by atoms with Gasteiger partial charge in [-0.15, -0.1) is 0 Å². The molecule has 0 spiro atoms. The van der Waals surface area contributed by atoms with Crippen molar-refractivity contribution in [1.82, 2.24) is 19.4 Å². The molecule has 0 bridgehead atoms. The Labute approximate surface area is 80.3 Å². The fraction of sp³-hybridized carbons (Fsp3) is 0. The first kappa shape index (κ1) is 7.32. The molecule has 0 saturated heterocycles. The third-order valence-corrected chi connectivity index (χ3v) is 2.17. The number of aromatic amines is 1. The summed E-state index contributed by atoms with van der Waals surface area (Å²) in [5.41, 5.74) is 1.94. The van der Waals surface area contributed by atoms with Crippen molar-refractivity contribution >= 4 is 5.52 Å². The molecule has 3 aromatic heterocycles. The molecule has 68 valence electrons. The van der Waals surface area contributed by atoms with Crippen molar-refractivity contribution < 1.29 is 0 Å². The van der Waals surface area contributed by atoms with Gasteiger partial charge < -0.3 is 9.38 Å². The number of H-pyrrole nitrogens is 1. The molecule has 3 heterocycles. The Morgan fingerprint density at radius 1 is 1.21 bits per heavy atom. The topological polar surface area (TPSA) is 46.0 Å². The summed E-state index contributed by atoms with van der Waals surface area (Å²) in [4.78, 5) is 11.5. The average molecular weight is 184 g/mol. The molecule has 4 heteroatoms.